The lowest BCUT2D eigenvalue weighted by Crippen LogP contribution is -2.26. The smallest absolute Gasteiger partial charge is 0.278 e. The van der Waals surface area contributed by atoms with Crippen LogP contribution in [0.15, 0.2) is 41.6 Å². The molecule has 3 N–H and O–H groups in total. The van der Waals surface area contributed by atoms with E-state index in [4.69, 9.17) is 0 Å². The van der Waals surface area contributed by atoms with Crippen LogP contribution in [0, 0.1) is 16.0 Å². The summed E-state index contributed by atoms with van der Waals surface area (Å²) >= 11 is 0. The molecule has 9 nitrogen and oxygen atoms in total. The van der Waals surface area contributed by atoms with Crippen LogP contribution in [-0.2, 0) is 9.59 Å². The van der Waals surface area contributed by atoms with E-state index in [1.807, 2.05) is 0 Å². The van der Waals surface area contributed by atoms with Gasteiger partial charge in [-0.1, -0.05) is 18.7 Å². The molecular weight excluding hydrogens is 302 g/mol. The van der Waals surface area contributed by atoms with Crippen molar-refractivity contribution in [2.75, 3.05) is 0 Å². The third kappa shape index (κ3) is 4.13. The van der Waals surface area contributed by atoms with E-state index in [0.29, 0.717) is 12.1 Å². The molecule has 2 amide bonds. The molecular formula is C14H15N5O4. The summed E-state index contributed by atoms with van der Waals surface area (Å²) in [6.07, 6.45) is 1.58. The van der Waals surface area contributed by atoms with Gasteiger partial charge in [0.2, 0.25) is 11.8 Å². The highest BCUT2D eigenvalue weighted by Gasteiger charge is 2.28. The van der Waals surface area contributed by atoms with Crippen molar-refractivity contribution in [2.45, 2.75) is 12.8 Å². The number of nitro groups is 1. The summed E-state index contributed by atoms with van der Waals surface area (Å²) in [5.74, 6) is -1.08. The highest BCUT2D eigenvalue weighted by molar-refractivity contribution is 5.87. The first-order valence-corrected chi connectivity index (χ1v) is 6.79. The number of nitrogens with zero attached hydrogens (tertiary/aromatic N) is 2. The standard InChI is InChI=1S/C14H15N5O4/c1-9-11(14(21)18-16-9)6-7-13(20)17-15-8-10-4-2-3-5-12(10)19(22)23/h2-5,8,11,16H,1,6-7H2,(H,17,20)(H,18,21). The Bertz CT molecular complexity index is 670. The lowest BCUT2D eigenvalue weighted by molar-refractivity contribution is -0.385. The van der Waals surface area contributed by atoms with Gasteiger partial charge in [0, 0.05) is 18.2 Å². The van der Waals surface area contributed by atoms with Crippen molar-refractivity contribution in [3.8, 4) is 0 Å². The normalized spacial score (nSPS) is 17.0. The molecule has 1 atom stereocenters. The number of amides is 2. The fraction of sp³-hybridized carbons (Fsp3) is 0.214. The molecule has 0 saturated carbocycles. The van der Waals surface area contributed by atoms with Crippen LogP contribution in [-0.4, -0.2) is 23.0 Å². The average Bonchev–Trinajstić information content (AvgIpc) is 2.84. The van der Waals surface area contributed by atoms with E-state index in [-0.39, 0.29) is 23.6 Å². The van der Waals surface area contributed by atoms with Crippen LogP contribution in [0.25, 0.3) is 0 Å². The van der Waals surface area contributed by atoms with Crippen LogP contribution < -0.4 is 16.3 Å². The lowest BCUT2D eigenvalue weighted by atomic mass is 10.0. The summed E-state index contributed by atoms with van der Waals surface area (Å²) < 4.78 is 0. The Morgan fingerprint density at radius 1 is 1.43 bits per heavy atom. The van der Waals surface area contributed by atoms with E-state index < -0.39 is 16.7 Å². The van der Waals surface area contributed by atoms with Crippen molar-refractivity contribution >= 4 is 23.7 Å². The summed E-state index contributed by atoms with van der Waals surface area (Å²) in [6.45, 7) is 3.67. The summed E-state index contributed by atoms with van der Waals surface area (Å²) in [5, 5.41) is 14.5. The van der Waals surface area contributed by atoms with Crippen molar-refractivity contribution in [1.82, 2.24) is 16.3 Å². The van der Waals surface area contributed by atoms with Crippen molar-refractivity contribution in [3.63, 3.8) is 0 Å². The average molecular weight is 317 g/mol. The maximum atomic E-state index is 11.7. The predicted molar refractivity (Wildman–Crippen MR) is 82.0 cm³/mol. The van der Waals surface area contributed by atoms with Gasteiger partial charge >= 0.3 is 0 Å². The Labute approximate surface area is 131 Å². The molecule has 0 bridgehead atoms. The maximum Gasteiger partial charge on any atom is 0.278 e. The van der Waals surface area contributed by atoms with Crippen LogP contribution in [0.1, 0.15) is 18.4 Å². The SMILES string of the molecule is C=C1NNC(=O)C1CCC(=O)NN=Cc1ccccc1[N+](=O)[O-]. The second-order valence-corrected chi connectivity index (χ2v) is 4.84. The molecule has 1 aliphatic heterocycles. The monoisotopic (exact) mass is 317 g/mol. The first-order valence-electron chi connectivity index (χ1n) is 6.79. The third-order valence-electron chi connectivity index (χ3n) is 3.27. The maximum absolute atomic E-state index is 11.7. The Balaban J connectivity index is 1.86. The molecule has 1 saturated heterocycles. The highest BCUT2D eigenvalue weighted by Crippen LogP contribution is 2.17. The van der Waals surface area contributed by atoms with Gasteiger partial charge in [-0.05, 0) is 12.5 Å². The molecule has 1 aliphatic rings. The minimum atomic E-state index is -0.527. The largest absolute Gasteiger partial charge is 0.303 e. The van der Waals surface area contributed by atoms with Gasteiger partial charge in [0.05, 0.1) is 22.6 Å². The van der Waals surface area contributed by atoms with E-state index in [2.05, 4.69) is 28.0 Å². The number of hydrazine groups is 1. The predicted octanol–water partition coefficient (Wildman–Crippen LogP) is 0.589. The van der Waals surface area contributed by atoms with Crippen LogP contribution >= 0.6 is 0 Å². The van der Waals surface area contributed by atoms with Crippen LogP contribution in [0.2, 0.25) is 0 Å². The fourth-order valence-electron chi connectivity index (χ4n) is 2.05. The Morgan fingerprint density at radius 3 is 2.83 bits per heavy atom. The van der Waals surface area contributed by atoms with Gasteiger partial charge < -0.3 is 5.43 Å². The van der Waals surface area contributed by atoms with Gasteiger partial charge in [0.25, 0.3) is 5.69 Å². The van der Waals surface area contributed by atoms with Gasteiger partial charge in [-0.25, -0.2) is 5.43 Å². The molecule has 120 valence electrons. The van der Waals surface area contributed by atoms with Crippen LogP contribution in [0.4, 0.5) is 5.69 Å². The Hall–Kier alpha value is -3.23. The van der Waals surface area contributed by atoms with Crippen LogP contribution in [0.3, 0.4) is 0 Å². The number of hydrazone groups is 1. The van der Waals surface area contributed by atoms with Crippen LogP contribution in [0.5, 0.6) is 0 Å². The number of nitrogens with one attached hydrogen (secondary N) is 3. The molecule has 1 aromatic rings. The van der Waals surface area contributed by atoms with Gasteiger partial charge in [0.1, 0.15) is 0 Å². The second-order valence-electron chi connectivity index (χ2n) is 4.84. The molecule has 1 unspecified atom stereocenters. The summed E-state index contributed by atoms with van der Waals surface area (Å²) in [6, 6.07) is 6.04. The zero-order valence-corrected chi connectivity index (χ0v) is 12.1. The van der Waals surface area contributed by atoms with Gasteiger partial charge in [-0.3, -0.25) is 25.1 Å². The number of hydrogen-bond acceptors (Lipinski definition) is 6. The Morgan fingerprint density at radius 2 is 2.17 bits per heavy atom. The number of para-hydroxylation sites is 1. The van der Waals surface area contributed by atoms with E-state index in [0.717, 1.165) is 0 Å². The number of rotatable bonds is 6. The van der Waals surface area contributed by atoms with E-state index >= 15 is 0 Å². The number of nitro benzene ring substituents is 1. The van der Waals surface area contributed by atoms with E-state index in [1.165, 1.54) is 18.3 Å². The number of carbonyl (C=O) groups is 2. The minimum absolute atomic E-state index is 0.0764. The minimum Gasteiger partial charge on any atom is -0.303 e. The summed E-state index contributed by atoms with van der Waals surface area (Å²) in [4.78, 5) is 33.4. The zero-order valence-electron chi connectivity index (χ0n) is 12.1. The molecule has 0 radical (unpaired) electrons. The molecule has 1 fully saturated rings. The highest BCUT2D eigenvalue weighted by atomic mass is 16.6. The number of carbonyl (C=O) groups excluding carboxylic acids is 2. The summed E-state index contributed by atoms with van der Waals surface area (Å²) in [7, 11) is 0. The lowest BCUT2D eigenvalue weighted by Gasteiger charge is -2.05. The topological polar surface area (TPSA) is 126 Å². The molecule has 0 aromatic heterocycles. The van der Waals surface area contributed by atoms with Crippen molar-refractivity contribution in [1.29, 1.82) is 0 Å². The van der Waals surface area contributed by atoms with Crippen molar-refractivity contribution in [2.24, 2.45) is 11.0 Å². The van der Waals surface area contributed by atoms with E-state index in [1.54, 1.807) is 12.1 Å². The van der Waals surface area contributed by atoms with Gasteiger partial charge in [-0.15, -0.1) is 0 Å². The molecule has 2 rings (SSSR count). The molecule has 1 aromatic carbocycles. The zero-order chi connectivity index (χ0) is 16.8. The molecule has 23 heavy (non-hydrogen) atoms. The molecule has 0 spiro atoms. The first kappa shape index (κ1) is 16.1. The quantitative estimate of drug-likeness (QED) is 0.402. The Kier molecular flexibility index (Phi) is 5.03. The van der Waals surface area contributed by atoms with Gasteiger partial charge in [0.15, 0.2) is 0 Å². The molecule has 0 aliphatic carbocycles. The fourth-order valence-corrected chi connectivity index (χ4v) is 2.05. The van der Waals surface area contributed by atoms with Crippen molar-refractivity contribution in [3.05, 3.63) is 52.2 Å². The van der Waals surface area contributed by atoms with E-state index in [9.17, 15) is 19.7 Å². The summed E-state index contributed by atoms with van der Waals surface area (Å²) in [5.41, 5.74) is 7.99. The van der Waals surface area contributed by atoms with Crippen molar-refractivity contribution < 1.29 is 14.5 Å². The second kappa shape index (κ2) is 7.16. The molecule has 1 heterocycles. The number of hydrogen-bond donors (Lipinski definition) is 3. The number of benzene rings is 1. The first-order chi connectivity index (χ1) is 11.0. The third-order valence-corrected chi connectivity index (χ3v) is 3.27. The van der Waals surface area contributed by atoms with Gasteiger partial charge in [-0.2, -0.15) is 5.10 Å². The molecule has 9 heteroatoms.